The van der Waals surface area contributed by atoms with Crippen molar-refractivity contribution < 1.29 is 28.7 Å². The molecular formula is C28H20ClNO6. The van der Waals surface area contributed by atoms with Crippen molar-refractivity contribution in [1.29, 1.82) is 0 Å². The first-order valence-corrected chi connectivity index (χ1v) is 12.0. The zero-order valence-corrected chi connectivity index (χ0v) is 19.9. The Morgan fingerprint density at radius 1 is 0.861 bits per heavy atom. The first kappa shape index (κ1) is 22.6. The Morgan fingerprint density at radius 3 is 2.06 bits per heavy atom. The molecule has 1 aliphatic carbocycles. The van der Waals surface area contributed by atoms with Crippen molar-refractivity contribution in [3.63, 3.8) is 0 Å². The number of anilines is 1. The molecule has 0 N–H and O–H groups in total. The number of carbonyl (C=O) groups is 4. The molecule has 8 heteroatoms. The molecule has 180 valence electrons. The molecule has 0 unspecified atom stereocenters. The van der Waals surface area contributed by atoms with Gasteiger partial charge in [-0.25, -0.2) is 4.90 Å². The number of ketones is 2. The number of Topliss-reactive ketones (excluding diaryl/α,β-unsaturated/α-hetero) is 2. The lowest BCUT2D eigenvalue weighted by Gasteiger charge is -2.27. The van der Waals surface area contributed by atoms with E-state index >= 15 is 0 Å². The quantitative estimate of drug-likeness (QED) is 0.388. The molecule has 2 amide bonds. The monoisotopic (exact) mass is 501 g/mol. The van der Waals surface area contributed by atoms with Crippen LogP contribution in [0.25, 0.3) is 0 Å². The molecule has 0 bridgehead atoms. The molecule has 2 aliphatic heterocycles. The van der Waals surface area contributed by atoms with Gasteiger partial charge in [0.15, 0.2) is 0 Å². The fraction of sp³-hybridized carbons (Fsp3) is 0.214. The summed E-state index contributed by atoms with van der Waals surface area (Å²) in [5.41, 5.74) is -0.831. The van der Waals surface area contributed by atoms with Gasteiger partial charge in [-0.15, -0.1) is 0 Å². The molecule has 7 nitrogen and oxygen atoms in total. The number of nitrogens with zero attached hydrogens (tertiary/aromatic N) is 1. The minimum atomic E-state index is -2.11. The Morgan fingerprint density at radius 2 is 1.47 bits per heavy atom. The normalized spacial score (nSPS) is 23.9. The lowest BCUT2D eigenvalue weighted by atomic mass is 9.77. The number of carbonyl (C=O) groups excluding carboxylic acids is 4. The Hall–Kier alpha value is -3.81. The first-order valence-electron chi connectivity index (χ1n) is 11.6. The van der Waals surface area contributed by atoms with Crippen LogP contribution >= 0.6 is 11.6 Å². The zero-order chi connectivity index (χ0) is 25.2. The Kier molecular flexibility index (Phi) is 5.10. The fourth-order valence-corrected chi connectivity index (χ4v) is 5.71. The largest absolute Gasteiger partial charge is 0.494 e. The second kappa shape index (κ2) is 8.11. The van der Waals surface area contributed by atoms with E-state index in [0.717, 1.165) is 4.90 Å². The number of hydrogen-bond donors (Lipinski definition) is 0. The third-order valence-corrected chi connectivity index (χ3v) is 7.38. The smallest absolute Gasteiger partial charge is 0.241 e. The molecule has 1 spiro atoms. The number of rotatable bonds is 4. The standard InChI is InChI=1S/C28H20ClNO6/c1-2-35-18-13-11-17(12-14-18)30-26(33)21-22(27(30)34)28(36-23(21)15-7-9-16(29)10-8-15)24(31)19-5-3-4-6-20(19)25(28)32/h3-14,21-23H,2H2,1H3/t21-,22+,23+/m0/s1. The molecule has 0 saturated carbocycles. The number of halogens is 1. The van der Waals surface area contributed by atoms with Crippen molar-refractivity contribution >= 4 is 40.7 Å². The van der Waals surface area contributed by atoms with Gasteiger partial charge in [0, 0.05) is 16.1 Å². The van der Waals surface area contributed by atoms with Crippen LogP contribution in [0.5, 0.6) is 5.75 Å². The van der Waals surface area contributed by atoms with E-state index in [1.54, 1.807) is 72.8 Å². The van der Waals surface area contributed by atoms with Gasteiger partial charge in [-0.1, -0.05) is 48.0 Å². The predicted octanol–water partition coefficient (Wildman–Crippen LogP) is 4.43. The van der Waals surface area contributed by atoms with Crippen LogP contribution in [0.4, 0.5) is 5.69 Å². The highest BCUT2D eigenvalue weighted by atomic mass is 35.5. The minimum absolute atomic E-state index is 0.192. The second-order valence-electron chi connectivity index (χ2n) is 8.97. The SMILES string of the molecule is CCOc1ccc(N2C(=O)[C@@H]3[C@@H](c4ccc(Cl)cc4)OC4(C(=O)c5ccccc5C4=O)[C@H]3C2=O)cc1. The summed E-state index contributed by atoms with van der Waals surface area (Å²) in [6, 6.07) is 19.6. The van der Waals surface area contributed by atoms with Crippen molar-refractivity contribution in [3.05, 3.63) is 94.5 Å². The summed E-state index contributed by atoms with van der Waals surface area (Å²) in [5, 5.41) is 0.480. The summed E-state index contributed by atoms with van der Waals surface area (Å²) in [7, 11) is 0. The molecule has 2 heterocycles. The van der Waals surface area contributed by atoms with Gasteiger partial charge in [-0.3, -0.25) is 19.2 Å². The van der Waals surface area contributed by atoms with Crippen LogP contribution in [0.3, 0.4) is 0 Å². The highest BCUT2D eigenvalue weighted by Gasteiger charge is 2.74. The van der Waals surface area contributed by atoms with Crippen LogP contribution in [0.2, 0.25) is 5.02 Å². The van der Waals surface area contributed by atoms with Crippen LogP contribution in [-0.2, 0) is 14.3 Å². The first-order chi connectivity index (χ1) is 17.4. The Bertz CT molecular complexity index is 1400. The lowest BCUT2D eigenvalue weighted by Crippen LogP contribution is -2.51. The number of benzene rings is 3. The summed E-state index contributed by atoms with van der Waals surface area (Å²) >= 11 is 6.06. The van der Waals surface area contributed by atoms with E-state index in [1.807, 2.05) is 6.92 Å². The maximum atomic E-state index is 13.9. The maximum absolute atomic E-state index is 13.9. The van der Waals surface area contributed by atoms with E-state index in [4.69, 9.17) is 21.1 Å². The number of amides is 2. The predicted molar refractivity (Wildman–Crippen MR) is 130 cm³/mol. The summed E-state index contributed by atoms with van der Waals surface area (Å²) < 4.78 is 11.7. The number of ether oxygens (including phenoxy) is 2. The molecular weight excluding hydrogens is 482 g/mol. The van der Waals surface area contributed by atoms with Crippen molar-refractivity contribution in [3.8, 4) is 5.75 Å². The van der Waals surface area contributed by atoms with E-state index in [0.29, 0.717) is 28.6 Å². The molecule has 2 saturated heterocycles. The lowest BCUT2D eigenvalue weighted by molar-refractivity contribution is -0.127. The number of fused-ring (bicyclic) bond motifs is 3. The average molecular weight is 502 g/mol. The van der Waals surface area contributed by atoms with Gasteiger partial charge in [0.1, 0.15) is 5.75 Å². The van der Waals surface area contributed by atoms with E-state index in [2.05, 4.69) is 0 Å². The number of hydrogen-bond acceptors (Lipinski definition) is 6. The van der Waals surface area contributed by atoms with Crippen molar-refractivity contribution in [2.45, 2.75) is 18.6 Å². The third-order valence-electron chi connectivity index (χ3n) is 7.12. The van der Waals surface area contributed by atoms with Gasteiger partial charge < -0.3 is 9.47 Å². The zero-order valence-electron chi connectivity index (χ0n) is 19.1. The van der Waals surface area contributed by atoms with E-state index in [-0.39, 0.29) is 11.1 Å². The molecule has 3 atom stereocenters. The summed E-state index contributed by atoms with van der Waals surface area (Å²) in [6.45, 7) is 2.32. The molecule has 0 radical (unpaired) electrons. The van der Waals surface area contributed by atoms with E-state index in [9.17, 15) is 19.2 Å². The molecule has 3 aromatic carbocycles. The highest BCUT2D eigenvalue weighted by Crippen LogP contribution is 2.57. The second-order valence-corrected chi connectivity index (χ2v) is 9.41. The van der Waals surface area contributed by atoms with Gasteiger partial charge in [-0.2, -0.15) is 0 Å². The van der Waals surface area contributed by atoms with Gasteiger partial charge in [-0.05, 0) is 48.9 Å². The minimum Gasteiger partial charge on any atom is -0.494 e. The molecule has 36 heavy (non-hydrogen) atoms. The van der Waals surface area contributed by atoms with Crippen molar-refractivity contribution in [1.82, 2.24) is 0 Å². The molecule has 6 rings (SSSR count). The summed E-state index contributed by atoms with van der Waals surface area (Å²) in [4.78, 5) is 56.3. The van der Waals surface area contributed by atoms with Crippen LogP contribution in [0, 0.1) is 11.8 Å². The average Bonchev–Trinajstić information content (AvgIpc) is 3.45. The molecule has 3 aromatic rings. The summed E-state index contributed by atoms with van der Waals surface area (Å²) in [6.07, 6.45) is -0.987. The van der Waals surface area contributed by atoms with Gasteiger partial charge in [0.05, 0.1) is 30.2 Å². The maximum Gasteiger partial charge on any atom is 0.241 e. The van der Waals surface area contributed by atoms with Gasteiger partial charge in [0.25, 0.3) is 0 Å². The topological polar surface area (TPSA) is 90.0 Å². The van der Waals surface area contributed by atoms with E-state index in [1.165, 1.54) is 0 Å². The molecule has 0 aromatic heterocycles. The van der Waals surface area contributed by atoms with Gasteiger partial charge >= 0.3 is 0 Å². The summed E-state index contributed by atoms with van der Waals surface area (Å²) in [5.74, 6) is -4.12. The molecule has 2 fully saturated rings. The van der Waals surface area contributed by atoms with E-state index < -0.39 is 46.9 Å². The highest BCUT2D eigenvalue weighted by molar-refractivity contribution is 6.37. The van der Waals surface area contributed by atoms with Crippen LogP contribution in [0.1, 0.15) is 39.3 Å². The number of imide groups is 1. The van der Waals surface area contributed by atoms with Crippen molar-refractivity contribution in [2.24, 2.45) is 11.8 Å². The Balaban J connectivity index is 1.49. The van der Waals surface area contributed by atoms with Crippen molar-refractivity contribution in [2.75, 3.05) is 11.5 Å². The van der Waals surface area contributed by atoms with Gasteiger partial charge in [0.2, 0.25) is 29.0 Å². The molecule has 3 aliphatic rings. The fourth-order valence-electron chi connectivity index (χ4n) is 5.58. The van der Waals surface area contributed by atoms with Crippen LogP contribution < -0.4 is 9.64 Å². The van der Waals surface area contributed by atoms with Crippen LogP contribution in [-0.4, -0.2) is 35.6 Å². The third kappa shape index (κ3) is 2.96. The van der Waals surface area contributed by atoms with Crippen LogP contribution in [0.15, 0.2) is 72.8 Å². The Labute approximate surface area is 211 Å².